The van der Waals surface area contributed by atoms with E-state index < -0.39 is 11.9 Å². The summed E-state index contributed by atoms with van der Waals surface area (Å²) in [5.74, 6) is -1.42. The van der Waals surface area contributed by atoms with E-state index in [9.17, 15) is 14.4 Å². The number of hydrogen-bond donors (Lipinski definition) is 3. The number of nitrogens with one attached hydrogen (secondary N) is 1. The summed E-state index contributed by atoms with van der Waals surface area (Å²) in [4.78, 5) is 35.3. The molecule has 0 atom stereocenters. The fourth-order valence-corrected chi connectivity index (χ4v) is 2.39. The van der Waals surface area contributed by atoms with E-state index in [0.29, 0.717) is 25.1 Å². The fourth-order valence-electron chi connectivity index (χ4n) is 2.39. The van der Waals surface area contributed by atoms with Crippen molar-refractivity contribution >= 4 is 17.9 Å². The summed E-state index contributed by atoms with van der Waals surface area (Å²) in [6.07, 6.45) is 0.598. The Labute approximate surface area is 121 Å². The number of carboxylic acids is 1. The zero-order chi connectivity index (χ0) is 15.4. The van der Waals surface area contributed by atoms with E-state index in [1.807, 2.05) is 6.07 Å². The van der Waals surface area contributed by atoms with Crippen LogP contribution in [0.2, 0.25) is 0 Å². The summed E-state index contributed by atoms with van der Waals surface area (Å²) in [6.45, 7) is 1.01. The minimum absolute atomic E-state index is 0.0966. The van der Waals surface area contributed by atoms with Crippen LogP contribution in [0, 0.1) is 0 Å². The lowest BCUT2D eigenvalue weighted by atomic mass is 9.95. The van der Waals surface area contributed by atoms with Crippen LogP contribution in [0.4, 0.5) is 4.79 Å². The third-order valence-corrected chi connectivity index (χ3v) is 3.43. The van der Waals surface area contributed by atoms with E-state index in [0.717, 1.165) is 11.1 Å². The van der Waals surface area contributed by atoms with E-state index in [2.05, 4.69) is 5.32 Å². The van der Waals surface area contributed by atoms with Crippen LogP contribution in [0.1, 0.15) is 27.9 Å². The molecule has 0 unspecified atom stereocenters. The highest BCUT2D eigenvalue weighted by Crippen LogP contribution is 2.22. The van der Waals surface area contributed by atoms with E-state index in [1.165, 1.54) is 0 Å². The Morgan fingerprint density at radius 2 is 2.10 bits per heavy atom. The summed E-state index contributed by atoms with van der Waals surface area (Å²) in [7, 11) is 0. The van der Waals surface area contributed by atoms with E-state index in [4.69, 9.17) is 10.8 Å². The highest BCUT2D eigenvalue weighted by molar-refractivity contribution is 5.90. The molecule has 0 aromatic heterocycles. The summed E-state index contributed by atoms with van der Waals surface area (Å²) in [5.41, 5.74) is 6.92. The molecular weight excluding hydrogens is 274 g/mol. The van der Waals surface area contributed by atoms with Crippen LogP contribution in [-0.2, 0) is 17.8 Å². The molecule has 1 aliphatic rings. The molecule has 2 rings (SSSR count). The third kappa shape index (κ3) is 3.50. The molecule has 0 radical (unpaired) electrons. The van der Waals surface area contributed by atoms with E-state index in [1.54, 1.807) is 17.0 Å². The number of urea groups is 1. The van der Waals surface area contributed by atoms with Crippen molar-refractivity contribution in [2.75, 3.05) is 13.1 Å². The molecule has 112 valence electrons. The molecule has 1 aliphatic heterocycles. The Hall–Kier alpha value is -2.57. The first kappa shape index (κ1) is 14.8. The van der Waals surface area contributed by atoms with Crippen molar-refractivity contribution in [1.82, 2.24) is 10.2 Å². The normalized spacial score (nSPS) is 13.4. The van der Waals surface area contributed by atoms with Crippen LogP contribution in [-0.4, -0.2) is 41.0 Å². The lowest BCUT2D eigenvalue weighted by Gasteiger charge is -2.29. The lowest BCUT2D eigenvalue weighted by molar-refractivity contribution is -0.117. The van der Waals surface area contributed by atoms with Crippen molar-refractivity contribution in [3.05, 3.63) is 34.9 Å². The first-order valence-corrected chi connectivity index (χ1v) is 6.64. The summed E-state index contributed by atoms with van der Waals surface area (Å²) >= 11 is 0. The second-order valence-corrected chi connectivity index (χ2v) is 4.87. The predicted molar refractivity (Wildman–Crippen MR) is 74.7 cm³/mol. The average Bonchev–Trinajstić information content (AvgIpc) is 2.45. The number of carboxylic acid groups (broad SMARTS) is 1. The topological polar surface area (TPSA) is 113 Å². The van der Waals surface area contributed by atoms with Crippen LogP contribution in [0.25, 0.3) is 0 Å². The highest BCUT2D eigenvalue weighted by Gasteiger charge is 2.23. The molecule has 0 fully saturated rings. The second-order valence-electron chi connectivity index (χ2n) is 4.87. The Morgan fingerprint density at radius 3 is 2.76 bits per heavy atom. The molecule has 1 heterocycles. The minimum Gasteiger partial charge on any atom is -0.478 e. The Bertz CT molecular complexity index is 586. The molecule has 7 nitrogen and oxygen atoms in total. The average molecular weight is 291 g/mol. The number of amides is 3. The number of fused-ring (bicyclic) bond motifs is 1. The molecule has 0 saturated heterocycles. The number of nitrogens with zero attached hydrogens (tertiary/aromatic N) is 1. The molecule has 1 aromatic carbocycles. The van der Waals surface area contributed by atoms with Gasteiger partial charge in [0, 0.05) is 26.1 Å². The maximum atomic E-state index is 12.0. The number of primary amides is 1. The van der Waals surface area contributed by atoms with Crippen LogP contribution >= 0.6 is 0 Å². The minimum atomic E-state index is -0.953. The molecule has 4 N–H and O–H groups in total. The predicted octanol–water partition coefficient (Wildman–Crippen LogP) is 0.328. The van der Waals surface area contributed by atoms with Gasteiger partial charge in [0.2, 0.25) is 5.91 Å². The monoisotopic (exact) mass is 291 g/mol. The number of aromatic carboxylic acids is 1. The van der Waals surface area contributed by atoms with Gasteiger partial charge in [-0.05, 0) is 23.6 Å². The summed E-state index contributed by atoms with van der Waals surface area (Å²) in [5, 5.41) is 11.8. The van der Waals surface area contributed by atoms with Crippen LogP contribution in [0.5, 0.6) is 0 Å². The fraction of sp³-hybridized carbons (Fsp3) is 0.357. The van der Waals surface area contributed by atoms with Gasteiger partial charge in [0.05, 0.1) is 5.56 Å². The van der Waals surface area contributed by atoms with Crippen molar-refractivity contribution < 1.29 is 19.5 Å². The number of carbonyl (C=O) groups is 3. The summed E-state index contributed by atoms with van der Waals surface area (Å²) in [6, 6.07) is 4.80. The van der Waals surface area contributed by atoms with Crippen molar-refractivity contribution in [3.63, 3.8) is 0 Å². The number of rotatable bonds is 4. The quantitative estimate of drug-likeness (QED) is 0.741. The molecular formula is C14H17N3O4. The number of nitrogens with two attached hydrogens (primary N) is 1. The van der Waals surface area contributed by atoms with Crippen LogP contribution in [0.3, 0.4) is 0 Å². The highest BCUT2D eigenvalue weighted by atomic mass is 16.4. The van der Waals surface area contributed by atoms with Crippen molar-refractivity contribution in [1.29, 1.82) is 0 Å². The van der Waals surface area contributed by atoms with Gasteiger partial charge in [0.15, 0.2) is 0 Å². The first-order chi connectivity index (χ1) is 9.99. The molecule has 0 bridgehead atoms. The number of carbonyl (C=O) groups excluding carboxylic acids is 2. The van der Waals surface area contributed by atoms with E-state index in [-0.39, 0.29) is 19.0 Å². The largest absolute Gasteiger partial charge is 0.478 e. The SMILES string of the molecule is NC(=O)CCNC(=O)N1CCc2c(cccc2C(=O)O)C1. The van der Waals surface area contributed by atoms with Crippen molar-refractivity contribution in [3.8, 4) is 0 Å². The molecule has 0 saturated carbocycles. The van der Waals surface area contributed by atoms with Crippen molar-refractivity contribution in [2.24, 2.45) is 5.73 Å². The van der Waals surface area contributed by atoms with Gasteiger partial charge in [0.1, 0.15) is 0 Å². The molecule has 3 amide bonds. The smallest absolute Gasteiger partial charge is 0.335 e. The third-order valence-electron chi connectivity index (χ3n) is 3.43. The van der Waals surface area contributed by atoms with Gasteiger partial charge in [-0.25, -0.2) is 9.59 Å². The Kier molecular flexibility index (Phi) is 4.42. The molecule has 21 heavy (non-hydrogen) atoms. The molecule has 7 heteroatoms. The van der Waals surface area contributed by atoms with Gasteiger partial charge >= 0.3 is 12.0 Å². The molecule has 1 aromatic rings. The van der Waals surface area contributed by atoms with Crippen molar-refractivity contribution in [2.45, 2.75) is 19.4 Å². The van der Waals surface area contributed by atoms with Gasteiger partial charge in [0.25, 0.3) is 0 Å². The van der Waals surface area contributed by atoms with Gasteiger partial charge in [-0.2, -0.15) is 0 Å². The maximum Gasteiger partial charge on any atom is 0.335 e. The Balaban J connectivity index is 2.03. The zero-order valence-electron chi connectivity index (χ0n) is 11.5. The molecule has 0 spiro atoms. The summed E-state index contributed by atoms with van der Waals surface area (Å²) < 4.78 is 0. The van der Waals surface area contributed by atoms with Crippen LogP contribution in [0.15, 0.2) is 18.2 Å². The van der Waals surface area contributed by atoms with Gasteiger partial charge in [-0.15, -0.1) is 0 Å². The van der Waals surface area contributed by atoms with Gasteiger partial charge in [-0.1, -0.05) is 12.1 Å². The van der Waals surface area contributed by atoms with Crippen LogP contribution < -0.4 is 11.1 Å². The standard InChI is InChI=1S/C14H17N3O4/c15-12(18)4-6-16-14(21)17-7-5-10-9(8-17)2-1-3-11(10)13(19)20/h1-3H,4-8H2,(H2,15,18)(H,16,21)(H,19,20). The maximum absolute atomic E-state index is 12.0. The first-order valence-electron chi connectivity index (χ1n) is 6.64. The van der Waals surface area contributed by atoms with Gasteiger partial charge in [-0.3, -0.25) is 4.79 Å². The van der Waals surface area contributed by atoms with E-state index >= 15 is 0 Å². The lowest BCUT2D eigenvalue weighted by Crippen LogP contribution is -2.43. The Morgan fingerprint density at radius 1 is 1.33 bits per heavy atom. The zero-order valence-corrected chi connectivity index (χ0v) is 11.5. The number of hydrogen-bond acceptors (Lipinski definition) is 3. The van der Waals surface area contributed by atoms with Gasteiger partial charge < -0.3 is 21.1 Å². The second kappa shape index (κ2) is 6.25. The number of benzene rings is 1. The molecule has 0 aliphatic carbocycles.